The number of nitrogens with one attached hydrogen (secondary N) is 1. The van der Waals surface area contributed by atoms with Crippen LogP contribution in [0.15, 0.2) is 30.5 Å². The number of hydrogen-bond acceptors (Lipinski definition) is 1. The molecule has 112 valence electrons. The largest absolute Gasteiger partial charge is 0.344 e. The number of rotatable bonds is 4. The van der Waals surface area contributed by atoms with Crippen LogP contribution in [0.4, 0.5) is 0 Å². The van der Waals surface area contributed by atoms with E-state index in [4.69, 9.17) is 0 Å². The van der Waals surface area contributed by atoms with E-state index < -0.39 is 0 Å². The summed E-state index contributed by atoms with van der Waals surface area (Å²) in [4.78, 5) is 0. The molecule has 0 bridgehead atoms. The maximum Gasteiger partial charge on any atom is 0.0528 e. The molecule has 0 saturated heterocycles. The van der Waals surface area contributed by atoms with Gasteiger partial charge in [0.2, 0.25) is 0 Å². The van der Waals surface area contributed by atoms with Gasteiger partial charge >= 0.3 is 0 Å². The van der Waals surface area contributed by atoms with E-state index in [-0.39, 0.29) is 0 Å². The highest BCUT2D eigenvalue weighted by Gasteiger charge is 2.23. The van der Waals surface area contributed by atoms with Crippen LogP contribution in [0.2, 0.25) is 0 Å². The van der Waals surface area contributed by atoms with Crippen molar-refractivity contribution in [1.82, 2.24) is 9.88 Å². The first-order valence-corrected chi connectivity index (χ1v) is 8.63. The first-order valence-electron chi connectivity index (χ1n) is 8.63. The lowest BCUT2D eigenvalue weighted by molar-refractivity contribution is 0.294. The Labute approximate surface area is 127 Å². The Morgan fingerprint density at radius 1 is 1.05 bits per heavy atom. The van der Waals surface area contributed by atoms with Crippen molar-refractivity contribution in [2.24, 2.45) is 5.92 Å². The molecule has 0 atom stereocenters. The molecule has 1 N–H and O–H groups in total. The van der Waals surface area contributed by atoms with Crippen molar-refractivity contribution in [3.8, 4) is 0 Å². The molecule has 4 rings (SSSR count). The topological polar surface area (TPSA) is 17.0 Å². The summed E-state index contributed by atoms with van der Waals surface area (Å²) in [7, 11) is 0. The van der Waals surface area contributed by atoms with Gasteiger partial charge in [-0.2, -0.15) is 0 Å². The number of aromatic nitrogens is 1. The molecule has 0 aliphatic heterocycles. The van der Waals surface area contributed by atoms with E-state index >= 15 is 0 Å². The first kappa shape index (κ1) is 13.4. The van der Waals surface area contributed by atoms with Gasteiger partial charge in [0, 0.05) is 24.8 Å². The van der Waals surface area contributed by atoms with E-state index in [9.17, 15) is 0 Å². The average molecular weight is 282 g/mol. The van der Waals surface area contributed by atoms with Gasteiger partial charge in [-0.1, -0.05) is 25.1 Å². The Bertz CT molecular complexity index is 616. The molecular weight excluding hydrogens is 256 g/mol. The van der Waals surface area contributed by atoms with Gasteiger partial charge in [0.25, 0.3) is 0 Å². The molecule has 2 saturated carbocycles. The second-order valence-corrected chi connectivity index (χ2v) is 7.15. The van der Waals surface area contributed by atoms with E-state index in [0.717, 1.165) is 18.5 Å². The summed E-state index contributed by atoms with van der Waals surface area (Å²) in [6.45, 7) is 3.42. The lowest BCUT2D eigenvalue weighted by Gasteiger charge is -2.28. The quantitative estimate of drug-likeness (QED) is 0.864. The number of nitrogens with zero attached hydrogens (tertiary/aromatic N) is 1. The second kappa shape index (κ2) is 5.49. The van der Waals surface area contributed by atoms with Crippen molar-refractivity contribution in [3.63, 3.8) is 0 Å². The zero-order valence-corrected chi connectivity index (χ0v) is 13.0. The summed E-state index contributed by atoms with van der Waals surface area (Å²) in [6.07, 6.45) is 10.5. The van der Waals surface area contributed by atoms with E-state index in [1.165, 1.54) is 55.0 Å². The molecule has 0 spiro atoms. The van der Waals surface area contributed by atoms with Crippen molar-refractivity contribution in [2.75, 3.05) is 0 Å². The molecule has 0 radical (unpaired) electrons. The molecule has 1 aromatic carbocycles. The Morgan fingerprint density at radius 2 is 1.86 bits per heavy atom. The minimum Gasteiger partial charge on any atom is -0.344 e. The monoisotopic (exact) mass is 282 g/mol. The highest BCUT2D eigenvalue weighted by molar-refractivity contribution is 5.83. The number of benzene rings is 1. The fraction of sp³-hybridized carbons (Fsp3) is 0.579. The molecule has 2 aliphatic carbocycles. The van der Waals surface area contributed by atoms with E-state index in [1.54, 1.807) is 0 Å². The number of hydrogen-bond donors (Lipinski definition) is 1. The van der Waals surface area contributed by atoms with Gasteiger partial charge in [0.05, 0.1) is 5.52 Å². The van der Waals surface area contributed by atoms with Crippen molar-refractivity contribution in [1.29, 1.82) is 0 Å². The number of fused-ring (bicyclic) bond motifs is 1. The smallest absolute Gasteiger partial charge is 0.0528 e. The molecule has 2 heteroatoms. The van der Waals surface area contributed by atoms with Crippen molar-refractivity contribution < 1.29 is 0 Å². The SMILES string of the molecule is CC1CCC(n2ccc3cccc(CNC4CC4)c32)CC1. The third-order valence-electron chi connectivity index (χ3n) is 5.36. The highest BCUT2D eigenvalue weighted by Crippen LogP contribution is 2.35. The van der Waals surface area contributed by atoms with Crippen LogP contribution in [0, 0.1) is 5.92 Å². The molecule has 1 aromatic heterocycles. The summed E-state index contributed by atoms with van der Waals surface area (Å²) < 4.78 is 2.57. The standard InChI is InChI=1S/C19H26N2/c1-14-5-9-18(10-6-14)21-12-11-15-3-2-4-16(19(15)21)13-20-17-7-8-17/h2-4,11-12,14,17-18,20H,5-10,13H2,1H3. The van der Waals surface area contributed by atoms with E-state index in [0.29, 0.717) is 6.04 Å². The van der Waals surface area contributed by atoms with E-state index in [2.05, 4.69) is 47.3 Å². The average Bonchev–Trinajstić information content (AvgIpc) is 3.24. The normalized spacial score (nSPS) is 26.3. The van der Waals surface area contributed by atoms with Crippen LogP contribution in [-0.2, 0) is 6.54 Å². The van der Waals surface area contributed by atoms with E-state index in [1.807, 2.05) is 0 Å². The molecule has 2 aliphatic rings. The second-order valence-electron chi connectivity index (χ2n) is 7.15. The minimum atomic E-state index is 0.709. The molecular formula is C19H26N2. The Morgan fingerprint density at radius 3 is 2.62 bits per heavy atom. The van der Waals surface area contributed by atoms with Crippen LogP contribution in [-0.4, -0.2) is 10.6 Å². The van der Waals surface area contributed by atoms with Crippen molar-refractivity contribution in [2.45, 2.75) is 64.1 Å². The Hall–Kier alpha value is -1.28. The fourth-order valence-corrected chi connectivity index (χ4v) is 3.81. The highest BCUT2D eigenvalue weighted by atomic mass is 15.0. The van der Waals surface area contributed by atoms with Crippen LogP contribution < -0.4 is 5.32 Å². The van der Waals surface area contributed by atoms with Crippen LogP contribution in [0.3, 0.4) is 0 Å². The molecule has 2 nitrogen and oxygen atoms in total. The first-order chi connectivity index (χ1) is 10.3. The molecule has 0 amide bonds. The molecule has 21 heavy (non-hydrogen) atoms. The third kappa shape index (κ3) is 2.74. The maximum atomic E-state index is 3.68. The van der Waals surface area contributed by atoms with Gasteiger partial charge < -0.3 is 9.88 Å². The molecule has 2 aromatic rings. The lowest BCUT2D eigenvalue weighted by atomic mass is 9.87. The van der Waals surface area contributed by atoms with Gasteiger partial charge in [-0.3, -0.25) is 0 Å². The minimum absolute atomic E-state index is 0.709. The van der Waals surface area contributed by atoms with Gasteiger partial charge in [0.1, 0.15) is 0 Å². The van der Waals surface area contributed by atoms with Crippen LogP contribution in [0.25, 0.3) is 10.9 Å². The summed E-state index contributed by atoms with van der Waals surface area (Å²) in [5.74, 6) is 0.916. The fourth-order valence-electron chi connectivity index (χ4n) is 3.81. The molecule has 0 unspecified atom stereocenters. The Kier molecular flexibility index (Phi) is 3.50. The third-order valence-corrected chi connectivity index (χ3v) is 5.36. The predicted octanol–water partition coefficient (Wildman–Crippen LogP) is 4.64. The molecule has 2 fully saturated rings. The van der Waals surface area contributed by atoms with Gasteiger partial charge in [-0.25, -0.2) is 0 Å². The summed E-state index contributed by atoms with van der Waals surface area (Å²) in [5, 5.41) is 5.08. The molecule has 1 heterocycles. The van der Waals surface area contributed by atoms with Crippen molar-refractivity contribution >= 4 is 10.9 Å². The summed E-state index contributed by atoms with van der Waals surface area (Å²) >= 11 is 0. The van der Waals surface area contributed by atoms with Gasteiger partial charge in [-0.05, 0) is 61.5 Å². The Balaban J connectivity index is 1.64. The predicted molar refractivity (Wildman–Crippen MR) is 88.5 cm³/mol. The zero-order chi connectivity index (χ0) is 14.2. The van der Waals surface area contributed by atoms with Crippen LogP contribution in [0.5, 0.6) is 0 Å². The zero-order valence-electron chi connectivity index (χ0n) is 13.0. The van der Waals surface area contributed by atoms with Gasteiger partial charge in [-0.15, -0.1) is 0 Å². The van der Waals surface area contributed by atoms with Crippen molar-refractivity contribution in [3.05, 3.63) is 36.0 Å². The maximum absolute atomic E-state index is 3.68. The summed E-state index contributed by atoms with van der Waals surface area (Å²) in [6, 6.07) is 10.6. The van der Waals surface area contributed by atoms with Crippen LogP contribution >= 0.6 is 0 Å². The van der Waals surface area contributed by atoms with Gasteiger partial charge in [0.15, 0.2) is 0 Å². The summed E-state index contributed by atoms with van der Waals surface area (Å²) in [5.41, 5.74) is 2.95. The number of para-hydroxylation sites is 1. The van der Waals surface area contributed by atoms with Crippen LogP contribution in [0.1, 0.15) is 57.1 Å². The lowest BCUT2D eigenvalue weighted by Crippen LogP contribution is -2.18.